The van der Waals surface area contributed by atoms with Crippen molar-refractivity contribution in [1.82, 2.24) is 0 Å². The number of carbonyl (C=O) groups is 1. The Morgan fingerprint density at radius 1 is 0.340 bits per heavy atom. The zero-order chi connectivity index (χ0) is 34.8. The Bertz CT molecular complexity index is 3000. The molecule has 2 heterocycles. The Morgan fingerprint density at radius 2 is 0.736 bits per heavy atom. The molecule has 0 aliphatic heterocycles. The van der Waals surface area contributed by atoms with Gasteiger partial charge in [-0.1, -0.05) is 146 Å². The van der Waals surface area contributed by atoms with Crippen LogP contribution < -0.4 is 0 Å². The quantitative estimate of drug-likeness (QED) is 0.175. The van der Waals surface area contributed by atoms with Crippen LogP contribution in [0.1, 0.15) is 38.2 Å². The van der Waals surface area contributed by atoms with Crippen molar-refractivity contribution in [2.24, 2.45) is 0 Å². The van der Waals surface area contributed by atoms with E-state index >= 15 is 4.79 Å². The molecule has 0 radical (unpaired) electrons. The molecule has 8 aromatic carbocycles. The van der Waals surface area contributed by atoms with Gasteiger partial charge in [0.25, 0.3) is 0 Å². The van der Waals surface area contributed by atoms with Crippen LogP contribution in [0.5, 0.6) is 0 Å². The van der Waals surface area contributed by atoms with Gasteiger partial charge in [-0.05, 0) is 79.9 Å². The van der Waals surface area contributed by atoms with Crippen LogP contribution in [0.2, 0.25) is 0 Å². The van der Waals surface area contributed by atoms with Crippen molar-refractivity contribution in [1.29, 1.82) is 0 Å². The summed E-state index contributed by atoms with van der Waals surface area (Å²) < 4.78 is 5.05. The summed E-state index contributed by atoms with van der Waals surface area (Å²) >= 11 is 3.66. The van der Waals surface area contributed by atoms with E-state index in [0.29, 0.717) is 0 Å². The van der Waals surface area contributed by atoms with Crippen LogP contribution >= 0.6 is 22.7 Å². The predicted molar refractivity (Wildman–Crippen MR) is 224 cm³/mol. The maximum atomic E-state index is 15.3. The molecule has 0 saturated heterocycles. The molecule has 0 N–H and O–H groups in total. The zero-order valence-corrected chi connectivity index (χ0v) is 30.0. The molecule has 0 fully saturated rings. The maximum absolute atomic E-state index is 15.3. The van der Waals surface area contributed by atoms with Crippen molar-refractivity contribution in [3.8, 4) is 33.4 Å². The minimum absolute atomic E-state index is 0.0817. The van der Waals surface area contributed by atoms with Crippen LogP contribution in [0.25, 0.3) is 73.7 Å². The van der Waals surface area contributed by atoms with Crippen LogP contribution in [0.15, 0.2) is 170 Å². The fraction of sp³-hybridized carbons (Fsp3) is 0.0200. The van der Waals surface area contributed by atoms with Crippen LogP contribution in [0.3, 0.4) is 0 Å². The van der Waals surface area contributed by atoms with E-state index in [-0.39, 0.29) is 5.78 Å². The molecule has 1 spiro atoms. The third-order valence-corrected chi connectivity index (χ3v) is 14.2. The number of ketones is 1. The maximum Gasteiger partial charge on any atom is 0.193 e. The molecule has 0 amide bonds. The Hall–Kier alpha value is -6.13. The summed E-state index contributed by atoms with van der Waals surface area (Å²) in [5.74, 6) is 0.0817. The van der Waals surface area contributed by atoms with E-state index in [9.17, 15) is 0 Å². The first kappa shape index (κ1) is 29.4. The lowest BCUT2D eigenvalue weighted by atomic mass is 9.61. The molecule has 2 aliphatic carbocycles. The molecule has 2 aliphatic rings. The average molecular weight is 709 g/mol. The Kier molecular flexibility index (Phi) is 5.95. The second kappa shape index (κ2) is 10.7. The van der Waals surface area contributed by atoms with Crippen LogP contribution in [-0.2, 0) is 5.41 Å². The average Bonchev–Trinajstić information content (AvgIpc) is 3.89. The minimum atomic E-state index is -0.629. The largest absolute Gasteiger partial charge is 0.289 e. The summed E-state index contributed by atoms with van der Waals surface area (Å²) in [5, 5.41) is 5.06. The molecule has 1 nitrogen and oxygen atoms in total. The molecule has 0 unspecified atom stereocenters. The van der Waals surface area contributed by atoms with E-state index < -0.39 is 5.41 Å². The van der Waals surface area contributed by atoms with Crippen molar-refractivity contribution in [3.63, 3.8) is 0 Å². The summed E-state index contributed by atoms with van der Waals surface area (Å²) in [6.07, 6.45) is 0. The topological polar surface area (TPSA) is 17.1 Å². The first-order valence-corrected chi connectivity index (χ1v) is 19.7. The van der Waals surface area contributed by atoms with E-state index in [4.69, 9.17) is 0 Å². The van der Waals surface area contributed by atoms with E-state index in [1.165, 1.54) is 62.6 Å². The summed E-state index contributed by atoms with van der Waals surface area (Å²) in [5.41, 5.74) is 12.4. The molecule has 0 bridgehead atoms. The molecule has 0 atom stereocenters. The lowest BCUT2D eigenvalue weighted by Crippen LogP contribution is -2.36. The summed E-state index contributed by atoms with van der Waals surface area (Å²) in [6.45, 7) is 0. The normalized spacial score (nSPS) is 13.8. The van der Waals surface area contributed by atoms with Gasteiger partial charge in [0.15, 0.2) is 5.78 Å². The van der Waals surface area contributed by atoms with Gasteiger partial charge < -0.3 is 0 Å². The van der Waals surface area contributed by atoms with Gasteiger partial charge in [0, 0.05) is 51.5 Å². The monoisotopic (exact) mass is 708 g/mol. The Labute approximate surface area is 314 Å². The first-order valence-electron chi connectivity index (χ1n) is 18.0. The van der Waals surface area contributed by atoms with Crippen molar-refractivity contribution in [2.45, 2.75) is 5.41 Å². The first-order chi connectivity index (χ1) is 26.2. The number of hydrogen-bond donors (Lipinski definition) is 0. The van der Waals surface area contributed by atoms with E-state index in [0.717, 1.165) is 44.5 Å². The van der Waals surface area contributed by atoms with E-state index in [2.05, 4.69) is 170 Å². The van der Waals surface area contributed by atoms with Gasteiger partial charge in [0.05, 0.1) is 5.41 Å². The number of carbonyl (C=O) groups excluding carboxylic acids is 1. The summed E-state index contributed by atoms with van der Waals surface area (Å²) in [7, 11) is 0. The highest BCUT2D eigenvalue weighted by molar-refractivity contribution is 7.26. The zero-order valence-electron chi connectivity index (χ0n) is 28.4. The molecule has 12 rings (SSSR count). The smallest absolute Gasteiger partial charge is 0.193 e. The van der Waals surface area contributed by atoms with E-state index in [1.54, 1.807) is 0 Å². The van der Waals surface area contributed by atoms with Gasteiger partial charge in [0.1, 0.15) is 0 Å². The Balaban J connectivity index is 1.14. The number of rotatable bonds is 2. The van der Waals surface area contributed by atoms with Gasteiger partial charge >= 0.3 is 0 Å². The van der Waals surface area contributed by atoms with Crippen LogP contribution in [0.4, 0.5) is 0 Å². The number of thiophene rings is 2. The molecule has 246 valence electrons. The van der Waals surface area contributed by atoms with Crippen molar-refractivity contribution < 1.29 is 4.79 Å². The molecular weight excluding hydrogens is 681 g/mol. The predicted octanol–water partition coefficient (Wildman–Crippen LogP) is 13.7. The number of hydrogen-bond acceptors (Lipinski definition) is 3. The number of benzene rings is 8. The fourth-order valence-corrected chi connectivity index (χ4v) is 12.0. The van der Waals surface area contributed by atoms with Gasteiger partial charge in [-0.25, -0.2) is 0 Å². The SMILES string of the molecule is O=C1c2cc(-c3cccc4c3sc3ccccc34)ccc2C2(c3ccc(-c4cccc5c4sc4ccccc45)cc31)c1ccccc1-c1ccccc12. The summed E-state index contributed by atoms with van der Waals surface area (Å²) in [6, 6.07) is 61.4. The molecule has 10 aromatic rings. The lowest BCUT2D eigenvalue weighted by molar-refractivity contribution is 0.103. The second-order valence-electron chi connectivity index (χ2n) is 14.3. The highest BCUT2D eigenvalue weighted by Crippen LogP contribution is 2.60. The molecule has 3 heteroatoms. The summed E-state index contributed by atoms with van der Waals surface area (Å²) in [4.78, 5) is 15.3. The van der Waals surface area contributed by atoms with Gasteiger partial charge in [-0.3, -0.25) is 4.79 Å². The molecule has 0 saturated carbocycles. The fourth-order valence-electron chi connectivity index (χ4n) is 9.51. The van der Waals surface area contributed by atoms with Crippen LogP contribution in [0, 0.1) is 0 Å². The van der Waals surface area contributed by atoms with Crippen molar-refractivity contribution >= 4 is 68.8 Å². The van der Waals surface area contributed by atoms with Gasteiger partial charge in [-0.2, -0.15) is 0 Å². The highest BCUT2D eigenvalue weighted by Gasteiger charge is 2.51. The van der Waals surface area contributed by atoms with E-state index in [1.807, 2.05) is 22.7 Å². The Morgan fingerprint density at radius 3 is 1.25 bits per heavy atom. The minimum Gasteiger partial charge on any atom is -0.289 e. The molecule has 53 heavy (non-hydrogen) atoms. The third-order valence-electron chi connectivity index (χ3n) is 11.7. The molecular formula is C50H28OS2. The molecule has 2 aromatic heterocycles. The van der Waals surface area contributed by atoms with Gasteiger partial charge in [-0.15, -0.1) is 22.7 Å². The van der Waals surface area contributed by atoms with Gasteiger partial charge in [0.2, 0.25) is 0 Å². The third kappa shape index (κ3) is 3.83. The lowest BCUT2D eigenvalue weighted by Gasteiger charge is -2.40. The second-order valence-corrected chi connectivity index (χ2v) is 16.4. The number of fused-ring (bicyclic) bond motifs is 15. The van der Waals surface area contributed by atoms with Crippen molar-refractivity contribution in [2.75, 3.05) is 0 Å². The highest BCUT2D eigenvalue weighted by atomic mass is 32.1. The van der Waals surface area contributed by atoms with Crippen LogP contribution in [-0.4, -0.2) is 5.78 Å². The van der Waals surface area contributed by atoms with Crippen molar-refractivity contribution in [3.05, 3.63) is 203 Å². The standard InChI is InChI=1S/C50H28OS2/c51-47-39-27-29(31-15-9-17-37-35-13-3-7-21-45(35)52-48(31)37)23-25-43(39)50(41-19-5-1-11-33(41)34-12-2-6-20-42(34)50)44-26-24-30(28-40(44)47)32-16-10-18-38-36-14-4-8-22-46(36)53-49(32)38/h1-28H.